The first-order chi connectivity index (χ1) is 11.9. The van der Waals surface area contributed by atoms with Gasteiger partial charge in [-0.3, -0.25) is 4.90 Å². The van der Waals surface area contributed by atoms with Gasteiger partial charge in [-0.25, -0.2) is 0 Å². The van der Waals surface area contributed by atoms with Crippen LogP contribution in [0.1, 0.15) is 64.0 Å². The zero-order valence-corrected chi connectivity index (χ0v) is 15.9. The van der Waals surface area contributed by atoms with Crippen LogP contribution in [0.5, 0.6) is 0 Å². The van der Waals surface area contributed by atoms with Crippen LogP contribution in [0.4, 0.5) is 0 Å². The van der Waals surface area contributed by atoms with Gasteiger partial charge in [0, 0.05) is 24.4 Å². The van der Waals surface area contributed by atoms with E-state index in [1.807, 2.05) is 0 Å². The average Bonchev–Trinajstić information content (AvgIpc) is 3.40. The first-order valence-corrected chi connectivity index (χ1v) is 9.62. The predicted octanol–water partition coefficient (Wildman–Crippen LogP) is 4.99. The highest BCUT2D eigenvalue weighted by Crippen LogP contribution is 2.49. The summed E-state index contributed by atoms with van der Waals surface area (Å²) in [5.41, 5.74) is 2.85. The maximum atomic E-state index is 9.28. The van der Waals surface area contributed by atoms with E-state index < -0.39 is 0 Å². The molecule has 1 aromatic carbocycles. The molecule has 2 heteroatoms. The average molecular weight is 335 g/mol. The molecule has 0 radical (unpaired) electrons. The predicted molar refractivity (Wildman–Crippen MR) is 103 cm³/mol. The molecule has 2 aliphatic rings. The van der Waals surface area contributed by atoms with Gasteiger partial charge < -0.3 is 0 Å². The molecule has 132 valence electrons. The monoisotopic (exact) mass is 334 g/mol. The van der Waals surface area contributed by atoms with Crippen LogP contribution >= 0.6 is 0 Å². The van der Waals surface area contributed by atoms with Gasteiger partial charge >= 0.3 is 0 Å². The van der Waals surface area contributed by atoms with Crippen LogP contribution in [-0.2, 0) is 6.54 Å². The number of piperidine rings is 1. The summed E-state index contributed by atoms with van der Waals surface area (Å²) in [6.07, 6.45) is 5.48. The van der Waals surface area contributed by atoms with Crippen molar-refractivity contribution in [3.05, 3.63) is 35.4 Å². The highest BCUT2D eigenvalue weighted by Gasteiger charge is 2.43. The van der Waals surface area contributed by atoms with E-state index in [9.17, 15) is 5.26 Å². The summed E-state index contributed by atoms with van der Waals surface area (Å²) in [6.45, 7) is 10.1. The molecule has 0 unspecified atom stereocenters. The van der Waals surface area contributed by atoms with Crippen molar-refractivity contribution in [1.82, 2.24) is 4.90 Å². The molecule has 1 saturated carbocycles. The molecule has 0 aromatic heterocycles. The van der Waals surface area contributed by atoms with Crippen molar-refractivity contribution >= 4 is 0 Å². The summed E-state index contributed by atoms with van der Waals surface area (Å²) in [4.78, 5) is 2.53. The van der Waals surface area contributed by atoms with Gasteiger partial charge in [0.15, 0.2) is 0 Å². The van der Waals surface area contributed by atoms with Crippen LogP contribution in [0, 0.1) is 39.9 Å². The third-order valence-electron chi connectivity index (χ3n) is 6.18. The van der Waals surface area contributed by atoms with E-state index in [2.05, 4.69) is 67.8 Å². The lowest BCUT2D eigenvalue weighted by Gasteiger charge is -2.49. The molecule has 3 rings (SSSR count). The van der Waals surface area contributed by atoms with Gasteiger partial charge in [0.2, 0.25) is 0 Å². The second-order valence-electron chi connectivity index (χ2n) is 8.88. The topological polar surface area (TPSA) is 27.0 Å². The molecule has 0 spiro atoms. The highest BCUT2D eigenvalue weighted by molar-refractivity contribution is 5.37. The van der Waals surface area contributed by atoms with E-state index in [1.54, 1.807) is 0 Å². The Morgan fingerprint density at radius 1 is 1.12 bits per heavy atom. The minimum atomic E-state index is 0.167. The van der Waals surface area contributed by atoms with Gasteiger partial charge in [0.1, 0.15) is 0 Å². The molecule has 1 aliphatic carbocycles. The molecule has 25 heavy (non-hydrogen) atoms. The number of nitriles is 1. The zero-order valence-electron chi connectivity index (χ0n) is 15.9. The number of likely N-dealkylation sites (tertiary alicyclic amines) is 1. The smallest absolute Gasteiger partial charge is 0.0627 e. The SMILES string of the molecule is CC(C)(C)C1(CC#N)CCN(Cc2ccc(C#CC3CC3)cc2)CC1. The number of benzene rings is 1. The summed E-state index contributed by atoms with van der Waals surface area (Å²) in [5, 5.41) is 9.28. The molecular weight excluding hydrogens is 304 g/mol. The number of hydrogen-bond donors (Lipinski definition) is 0. The van der Waals surface area contributed by atoms with Crippen LogP contribution in [0.3, 0.4) is 0 Å². The normalized spacial score (nSPS) is 20.4. The Morgan fingerprint density at radius 2 is 1.76 bits per heavy atom. The van der Waals surface area contributed by atoms with E-state index in [0.29, 0.717) is 12.3 Å². The molecule has 0 atom stereocenters. The van der Waals surface area contributed by atoms with E-state index in [4.69, 9.17) is 0 Å². The zero-order chi connectivity index (χ0) is 17.9. The minimum absolute atomic E-state index is 0.167. The van der Waals surface area contributed by atoms with Gasteiger partial charge in [0.05, 0.1) is 6.07 Å². The standard InChI is InChI=1S/C23H30N2/c1-22(2,3)23(12-15-24)13-16-25(17-14-23)18-21-10-8-20(9-11-21)7-6-19-4-5-19/h8-11,19H,4-5,12-14,16-18H2,1-3H3. The summed E-state index contributed by atoms with van der Waals surface area (Å²) in [5.74, 6) is 7.26. The molecule has 0 amide bonds. The molecule has 0 N–H and O–H groups in total. The third kappa shape index (κ3) is 4.45. The van der Waals surface area contributed by atoms with Crippen molar-refractivity contribution in [2.24, 2.45) is 16.7 Å². The van der Waals surface area contributed by atoms with Crippen LogP contribution in [-0.4, -0.2) is 18.0 Å². The second kappa shape index (κ2) is 7.23. The fourth-order valence-electron chi connectivity index (χ4n) is 3.85. The van der Waals surface area contributed by atoms with Crippen molar-refractivity contribution < 1.29 is 0 Å². The Balaban J connectivity index is 1.57. The van der Waals surface area contributed by atoms with Gasteiger partial charge in [-0.05, 0) is 67.3 Å². The Hall–Kier alpha value is -1.77. The maximum Gasteiger partial charge on any atom is 0.0627 e. The summed E-state index contributed by atoms with van der Waals surface area (Å²) < 4.78 is 0. The fraction of sp³-hybridized carbons (Fsp3) is 0.609. The van der Waals surface area contributed by atoms with Gasteiger partial charge in [-0.15, -0.1) is 0 Å². The number of hydrogen-bond acceptors (Lipinski definition) is 2. The van der Waals surface area contributed by atoms with Crippen molar-refractivity contribution in [3.63, 3.8) is 0 Å². The van der Waals surface area contributed by atoms with Crippen LogP contribution in [0.15, 0.2) is 24.3 Å². The quantitative estimate of drug-likeness (QED) is 0.728. The molecule has 1 heterocycles. The number of rotatable bonds is 3. The van der Waals surface area contributed by atoms with Crippen molar-refractivity contribution in [3.8, 4) is 17.9 Å². The fourth-order valence-corrected chi connectivity index (χ4v) is 3.85. The molecule has 2 nitrogen and oxygen atoms in total. The Bertz CT molecular complexity index is 679. The molecule has 1 aliphatic heterocycles. The minimum Gasteiger partial charge on any atom is -0.299 e. The highest BCUT2D eigenvalue weighted by atomic mass is 15.1. The molecule has 2 fully saturated rings. The van der Waals surface area contributed by atoms with E-state index in [1.165, 1.54) is 18.4 Å². The Morgan fingerprint density at radius 3 is 2.28 bits per heavy atom. The lowest BCUT2D eigenvalue weighted by molar-refractivity contribution is 0.00711. The van der Waals surface area contributed by atoms with Crippen LogP contribution < -0.4 is 0 Å². The van der Waals surface area contributed by atoms with Gasteiger partial charge in [-0.2, -0.15) is 5.26 Å². The van der Waals surface area contributed by atoms with E-state index in [0.717, 1.165) is 38.0 Å². The lowest BCUT2D eigenvalue weighted by atomic mass is 9.60. The Labute approximate surface area is 153 Å². The first kappa shape index (κ1) is 18.0. The van der Waals surface area contributed by atoms with Crippen LogP contribution in [0.25, 0.3) is 0 Å². The molecule has 0 bridgehead atoms. The largest absolute Gasteiger partial charge is 0.299 e. The van der Waals surface area contributed by atoms with Gasteiger partial charge in [-0.1, -0.05) is 44.7 Å². The summed E-state index contributed by atoms with van der Waals surface area (Å²) >= 11 is 0. The van der Waals surface area contributed by atoms with E-state index >= 15 is 0 Å². The van der Waals surface area contributed by atoms with Gasteiger partial charge in [0.25, 0.3) is 0 Å². The van der Waals surface area contributed by atoms with Crippen molar-refractivity contribution in [2.45, 2.75) is 59.4 Å². The summed E-state index contributed by atoms with van der Waals surface area (Å²) in [6, 6.07) is 11.2. The molecule has 1 saturated heterocycles. The third-order valence-corrected chi connectivity index (χ3v) is 6.18. The lowest BCUT2D eigenvalue weighted by Crippen LogP contribution is -2.46. The maximum absolute atomic E-state index is 9.28. The summed E-state index contributed by atoms with van der Waals surface area (Å²) in [7, 11) is 0. The van der Waals surface area contributed by atoms with Crippen molar-refractivity contribution in [2.75, 3.05) is 13.1 Å². The van der Waals surface area contributed by atoms with Crippen LogP contribution in [0.2, 0.25) is 0 Å². The molecular formula is C23H30N2. The first-order valence-electron chi connectivity index (χ1n) is 9.62. The second-order valence-corrected chi connectivity index (χ2v) is 8.88. The number of nitrogens with zero attached hydrogens (tertiary/aromatic N) is 2. The Kier molecular flexibility index (Phi) is 5.21. The van der Waals surface area contributed by atoms with Crippen molar-refractivity contribution in [1.29, 1.82) is 5.26 Å². The molecule has 1 aromatic rings. The van der Waals surface area contributed by atoms with E-state index in [-0.39, 0.29) is 10.8 Å².